The molecule has 1 fully saturated rings. The second kappa shape index (κ2) is 10.3. The molecular weight excluding hydrogens is 485 g/mol. The summed E-state index contributed by atoms with van der Waals surface area (Å²) in [6, 6.07) is 12.0. The van der Waals surface area contributed by atoms with Crippen molar-refractivity contribution in [1.29, 1.82) is 0 Å². The van der Waals surface area contributed by atoms with Crippen molar-refractivity contribution in [1.82, 2.24) is 34.0 Å². The summed E-state index contributed by atoms with van der Waals surface area (Å²) in [6.07, 6.45) is 5.29. The Bertz CT molecular complexity index is 1550. The van der Waals surface area contributed by atoms with Crippen LogP contribution in [-0.2, 0) is 13.6 Å². The number of nitrogens with one attached hydrogen (secondary N) is 2. The summed E-state index contributed by atoms with van der Waals surface area (Å²) in [5, 5.41) is 17.0. The largest absolute Gasteiger partial charge is 0.508 e. The first-order valence-corrected chi connectivity index (χ1v) is 12.8. The Morgan fingerprint density at radius 2 is 1.87 bits per heavy atom. The third kappa shape index (κ3) is 4.97. The van der Waals surface area contributed by atoms with E-state index >= 15 is 0 Å². The van der Waals surface area contributed by atoms with E-state index in [-0.39, 0.29) is 17.6 Å². The number of fused-ring (bicyclic) bond motifs is 2. The summed E-state index contributed by atoms with van der Waals surface area (Å²) in [5.74, 6) is 1.45. The summed E-state index contributed by atoms with van der Waals surface area (Å²) in [6.45, 7) is 4.19. The zero-order valence-corrected chi connectivity index (χ0v) is 21.2. The number of benzene rings is 2. The normalized spacial score (nSPS) is 14.9. The quantitative estimate of drug-likeness (QED) is 0.288. The highest BCUT2D eigenvalue weighted by molar-refractivity contribution is 5.82. The number of phenols is 1. The van der Waals surface area contributed by atoms with Crippen LogP contribution in [0.15, 0.2) is 55.1 Å². The molecular formula is C27H30FN9O. The van der Waals surface area contributed by atoms with Gasteiger partial charge in [0.2, 0.25) is 5.95 Å². The minimum atomic E-state index is -0.253. The van der Waals surface area contributed by atoms with Gasteiger partial charge in [0.15, 0.2) is 11.5 Å². The van der Waals surface area contributed by atoms with E-state index in [9.17, 15) is 9.50 Å². The van der Waals surface area contributed by atoms with E-state index in [2.05, 4.69) is 35.1 Å². The molecule has 0 spiro atoms. The molecule has 3 N–H and O–H groups in total. The van der Waals surface area contributed by atoms with Gasteiger partial charge in [-0.25, -0.2) is 24.3 Å². The van der Waals surface area contributed by atoms with Gasteiger partial charge in [0.1, 0.15) is 23.4 Å². The number of aromatic nitrogens is 6. The summed E-state index contributed by atoms with van der Waals surface area (Å²) >= 11 is 0. The first kappa shape index (κ1) is 24.1. The maximum atomic E-state index is 13.4. The monoisotopic (exact) mass is 515 g/mol. The number of aryl methyl sites for hydroxylation is 1. The molecule has 0 unspecified atom stereocenters. The molecule has 10 nitrogen and oxygen atoms in total. The Morgan fingerprint density at radius 1 is 1.05 bits per heavy atom. The lowest BCUT2D eigenvalue weighted by atomic mass is 10.1. The highest BCUT2D eigenvalue weighted by Gasteiger charge is 2.22. The molecule has 1 aliphatic heterocycles. The van der Waals surface area contributed by atoms with Gasteiger partial charge >= 0.3 is 0 Å². The zero-order chi connectivity index (χ0) is 26.1. The number of likely N-dealkylation sites (tertiary alicyclic amines) is 1. The van der Waals surface area contributed by atoms with E-state index in [0.717, 1.165) is 78.5 Å². The van der Waals surface area contributed by atoms with Crippen LogP contribution in [0.3, 0.4) is 0 Å². The SMILES string of the molecule is Cn1cnc2c(NCCN3CCC(Nc4nc5cc(O)ccc5n4Cc4ccc(F)cc4)CC3)ncnc21. The van der Waals surface area contributed by atoms with E-state index < -0.39 is 0 Å². The average Bonchev–Trinajstić information content (AvgIpc) is 3.46. The van der Waals surface area contributed by atoms with Gasteiger partial charge in [0.25, 0.3) is 0 Å². The fourth-order valence-corrected chi connectivity index (χ4v) is 5.05. The van der Waals surface area contributed by atoms with Gasteiger partial charge < -0.3 is 29.8 Å². The van der Waals surface area contributed by atoms with Gasteiger partial charge in [-0.2, -0.15) is 0 Å². The smallest absolute Gasteiger partial charge is 0.204 e. The first-order valence-electron chi connectivity index (χ1n) is 12.8. The van der Waals surface area contributed by atoms with Crippen LogP contribution in [0, 0.1) is 5.82 Å². The van der Waals surface area contributed by atoms with E-state index in [1.54, 1.807) is 36.9 Å². The molecule has 0 aliphatic carbocycles. The molecule has 1 aliphatic rings. The standard InChI is InChI=1S/C27H30FN9O/c1-35-17-32-24-25(30-16-31-26(24)35)29-10-13-36-11-8-20(9-12-36)33-27-34-22-14-21(38)6-7-23(22)37(27)15-18-2-4-19(28)5-3-18/h2-7,14,16-17,20,38H,8-13,15H2,1H3,(H,33,34)(H,29,30,31). The molecule has 196 valence electrons. The van der Waals surface area contributed by atoms with Crippen molar-refractivity contribution in [3.8, 4) is 5.75 Å². The molecule has 0 saturated carbocycles. The predicted octanol–water partition coefficient (Wildman–Crippen LogP) is 3.59. The average molecular weight is 516 g/mol. The van der Waals surface area contributed by atoms with Crippen molar-refractivity contribution in [2.45, 2.75) is 25.4 Å². The molecule has 0 bridgehead atoms. The summed E-state index contributed by atoms with van der Waals surface area (Å²) in [7, 11) is 1.92. The van der Waals surface area contributed by atoms with Crippen LogP contribution >= 0.6 is 0 Å². The van der Waals surface area contributed by atoms with Crippen LogP contribution in [0.5, 0.6) is 5.75 Å². The van der Waals surface area contributed by atoms with E-state index in [0.29, 0.717) is 6.54 Å². The van der Waals surface area contributed by atoms with Crippen LogP contribution in [0.2, 0.25) is 0 Å². The minimum Gasteiger partial charge on any atom is -0.508 e. The van der Waals surface area contributed by atoms with Gasteiger partial charge in [0.05, 0.1) is 23.9 Å². The van der Waals surface area contributed by atoms with Crippen LogP contribution in [0.25, 0.3) is 22.2 Å². The van der Waals surface area contributed by atoms with E-state index in [4.69, 9.17) is 4.98 Å². The number of imidazole rings is 2. The van der Waals surface area contributed by atoms with E-state index in [1.165, 1.54) is 12.1 Å². The second-order valence-electron chi connectivity index (χ2n) is 9.76. The third-order valence-corrected chi connectivity index (χ3v) is 7.12. The minimum absolute atomic E-state index is 0.183. The Hall–Kier alpha value is -4.25. The Kier molecular flexibility index (Phi) is 6.50. The van der Waals surface area contributed by atoms with Crippen molar-refractivity contribution in [3.63, 3.8) is 0 Å². The van der Waals surface area contributed by atoms with Crippen molar-refractivity contribution in [2.24, 2.45) is 7.05 Å². The molecule has 6 rings (SSSR count). The number of hydrogen-bond donors (Lipinski definition) is 3. The number of phenolic OH excluding ortho intramolecular Hbond substituents is 1. The second-order valence-corrected chi connectivity index (χ2v) is 9.76. The molecule has 2 aromatic carbocycles. The number of aromatic hydroxyl groups is 1. The van der Waals surface area contributed by atoms with Crippen LogP contribution < -0.4 is 10.6 Å². The zero-order valence-electron chi connectivity index (χ0n) is 21.2. The molecule has 0 atom stereocenters. The first-order chi connectivity index (χ1) is 18.5. The highest BCUT2D eigenvalue weighted by Crippen LogP contribution is 2.26. The number of nitrogens with zero attached hydrogens (tertiary/aromatic N) is 7. The van der Waals surface area contributed by atoms with Gasteiger partial charge in [-0.05, 0) is 42.7 Å². The molecule has 1 saturated heterocycles. The summed E-state index contributed by atoms with van der Waals surface area (Å²) in [4.78, 5) is 20.3. The number of rotatable bonds is 8. The van der Waals surface area contributed by atoms with Crippen LogP contribution in [0.4, 0.5) is 16.2 Å². The topological polar surface area (TPSA) is 109 Å². The maximum Gasteiger partial charge on any atom is 0.204 e. The van der Waals surface area contributed by atoms with Gasteiger partial charge in [-0.15, -0.1) is 0 Å². The van der Waals surface area contributed by atoms with Gasteiger partial charge in [0, 0.05) is 45.3 Å². The maximum absolute atomic E-state index is 13.4. The Balaban J connectivity index is 1.08. The fourth-order valence-electron chi connectivity index (χ4n) is 5.05. The lowest BCUT2D eigenvalue weighted by Gasteiger charge is -2.32. The molecule has 4 heterocycles. The van der Waals surface area contributed by atoms with Crippen LogP contribution in [0.1, 0.15) is 18.4 Å². The molecule has 3 aromatic heterocycles. The molecule has 0 amide bonds. The van der Waals surface area contributed by atoms with Crippen molar-refractivity contribution < 1.29 is 9.50 Å². The molecule has 38 heavy (non-hydrogen) atoms. The Morgan fingerprint density at radius 3 is 2.68 bits per heavy atom. The third-order valence-electron chi connectivity index (χ3n) is 7.12. The predicted molar refractivity (Wildman–Crippen MR) is 145 cm³/mol. The Labute approximate surface area is 219 Å². The van der Waals surface area contributed by atoms with Gasteiger partial charge in [-0.3, -0.25) is 0 Å². The molecule has 11 heteroatoms. The number of hydrogen-bond acceptors (Lipinski definition) is 8. The summed E-state index contributed by atoms with van der Waals surface area (Å²) < 4.78 is 17.4. The van der Waals surface area contributed by atoms with E-state index in [1.807, 2.05) is 17.7 Å². The number of halogens is 1. The lowest BCUT2D eigenvalue weighted by Crippen LogP contribution is -2.41. The molecule has 5 aromatic rings. The van der Waals surface area contributed by atoms with Crippen molar-refractivity contribution in [3.05, 3.63) is 66.5 Å². The van der Waals surface area contributed by atoms with Gasteiger partial charge in [-0.1, -0.05) is 12.1 Å². The lowest BCUT2D eigenvalue weighted by molar-refractivity contribution is 0.226. The number of piperidine rings is 1. The molecule has 0 radical (unpaired) electrons. The van der Waals surface area contributed by atoms with Crippen LogP contribution in [-0.4, -0.2) is 71.3 Å². The number of anilines is 2. The van der Waals surface area contributed by atoms with Crippen molar-refractivity contribution in [2.75, 3.05) is 36.8 Å². The fraction of sp³-hybridized carbons (Fsp3) is 0.333. The summed E-state index contributed by atoms with van der Waals surface area (Å²) in [5.41, 5.74) is 4.23. The van der Waals surface area contributed by atoms with Crippen molar-refractivity contribution >= 4 is 34.0 Å². The highest BCUT2D eigenvalue weighted by atomic mass is 19.1.